The van der Waals surface area contributed by atoms with E-state index < -0.39 is 0 Å². The van der Waals surface area contributed by atoms with E-state index in [0.717, 1.165) is 24.9 Å². The Bertz CT molecular complexity index is 925. The summed E-state index contributed by atoms with van der Waals surface area (Å²) >= 11 is 0. The van der Waals surface area contributed by atoms with Gasteiger partial charge in [-0.15, -0.1) is 45.7 Å². The van der Waals surface area contributed by atoms with Crippen LogP contribution in [0.5, 0.6) is 0 Å². The number of rotatable bonds is 2. The first-order valence-corrected chi connectivity index (χ1v) is 9.33. The van der Waals surface area contributed by atoms with Crippen LogP contribution in [0, 0.1) is 59.9 Å². The Morgan fingerprint density at radius 2 is 1.58 bits per heavy atom. The Balaban J connectivity index is 0.000000784. The molecule has 0 radical (unpaired) electrons. The molecule has 0 aromatic heterocycles. The Morgan fingerprint density at radius 1 is 0.923 bits per heavy atom. The molecule has 3 aromatic carbocycles. The summed E-state index contributed by atoms with van der Waals surface area (Å²) in [6.45, 7) is 8.36. The largest absolute Gasteiger partial charge is 0.258 e. The molecular weight excluding hydrogens is 475 g/mol. The minimum atomic E-state index is 0. The van der Waals surface area contributed by atoms with Crippen LogP contribution in [0.2, 0.25) is 0 Å². The molecule has 0 unspecified atom stereocenters. The molecule has 1 aliphatic rings. The Kier molecular flexibility index (Phi) is 8.13. The third-order valence-electron chi connectivity index (χ3n) is 4.80. The average Bonchev–Trinajstić information content (AvgIpc) is 3.09. The van der Waals surface area contributed by atoms with Crippen LogP contribution in [0.25, 0.3) is 10.8 Å². The van der Waals surface area contributed by atoms with Gasteiger partial charge in [0.1, 0.15) is 0 Å². The van der Waals surface area contributed by atoms with E-state index in [9.17, 15) is 0 Å². The summed E-state index contributed by atoms with van der Waals surface area (Å²) in [6, 6.07) is 20.6. The van der Waals surface area contributed by atoms with Gasteiger partial charge in [0, 0.05) is 52.6 Å². The van der Waals surface area contributed by atoms with Gasteiger partial charge < -0.3 is 0 Å². The molecule has 1 nitrogen and oxygen atoms in total. The zero-order valence-electron chi connectivity index (χ0n) is 16.0. The van der Waals surface area contributed by atoms with Crippen molar-refractivity contribution >= 4 is 22.2 Å². The molecule has 0 spiro atoms. The molecule has 0 saturated carbocycles. The van der Waals surface area contributed by atoms with Crippen molar-refractivity contribution in [1.82, 2.24) is 0 Å². The maximum Gasteiger partial charge on any atom is 0.0660 e. The second-order valence-electron chi connectivity index (χ2n) is 6.27. The van der Waals surface area contributed by atoms with Crippen molar-refractivity contribution in [1.29, 1.82) is 0 Å². The number of hydrogen-bond donors (Lipinski definition) is 0. The van der Waals surface area contributed by atoms with Crippen LogP contribution < -0.4 is 0 Å². The van der Waals surface area contributed by atoms with Crippen molar-refractivity contribution in [3.8, 4) is 0 Å². The number of benzene rings is 3. The van der Waals surface area contributed by atoms with Crippen molar-refractivity contribution in [2.45, 2.75) is 47.0 Å². The fourth-order valence-electron chi connectivity index (χ4n) is 3.60. The number of aliphatic imine (C=N–C) groups is 1. The summed E-state index contributed by atoms with van der Waals surface area (Å²) < 4.78 is 0. The van der Waals surface area contributed by atoms with Crippen molar-refractivity contribution in [2.75, 3.05) is 0 Å². The van der Waals surface area contributed by atoms with Gasteiger partial charge in [0.25, 0.3) is 0 Å². The first-order chi connectivity index (χ1) is 12.3. The Morgan fingerprint density at radius 3 is 2.35 bits per heavy atom. The van der Waals surface area contributed by atoms with Gasteiger partial charge in [-0.25, -0.2) is 0 Å². The van der Waals surface area contributed by atoms with Gasteiger partial charge in [-0.1, -0.05) is 58.0 Å². The smallest absolute Gasteiger partial charge is 0.0660 e. The van der Waals surface area contributed by atoms with Crippen molar-refractivity contribution < 1.29 is 46.9 Å². The van der Waals surface area contributed by atoms with Crippen LogP contribution in [0.15, 0.2) is 53.5 Å². The van der Waals surface area contributed by atoms with E-state index >= 15 is 0 Å². The molecule has 2 heteroatoms. The number of para-hydroxylation sites is 1. The second kappa shape index (κ2) is 9.87. The fourth-order valence-corrected chi connectivity index (χ4v) is 3.60. The zero-order valence-corrected chi connectivity index (χ0v) is 17.7. The third kappa shape index (κ3) is 4.32. The molecule has 4 rings (SSSR count). The van der Waals surface area contributed by atoms with Crippen LogP contribution in [0.3, 0.4) is 0 Å². The maximum atomic E-state index is 4.99. The van der Waals surface area contributed by atoms with Gasteiger partial charge in [-0.3, -0.25) is 4.99 Å². The molecular formula is C24H26NYb-. The van der Waals surface area contributed by atoms with Gasteiger partial charge in [0.15, 0.2) is 0 Å². The SMILES string of the molecule is CC.CCc1ccccc1N=C1Cc2c(C)[c-]c3ccccc3c2C1.[Yb]. The fraction of sp³-hybridized carbons (Fsp3) is 0.292. The molecule has 0 atom stereocenters. The zero-order chi connectivity index (χ0) is 17.8. The number of aryl methyl sites for hydroxylation is 2. The van der Waals surface area contributed by atoms with Gasteiger partial charge >= 0.3 is 0 Å². The quantitative estimate of drug-likeness (QED) is 0.360. The van der Waals surface area contributed by atoms with E-state index in [-0.39, 0.29) is 46.9 Å². The number of hydrogen-bond acceptors (Lipinski definition) is 1. The summed E-state index contributed by atoms with van der Waals surface area (Å²) in [7, 11) is 0. The summed E-state index contributed by atoms with van der Waals surface area (Å²) in [4.78, 5) is 4.99. The molecule has 0 N–H and O–H groups in total. The van der Waals surface area contributed by atoms with Gasteiger partial charge in [0.2, 0.25) is 0 Å². The van der Waals surface area contributed by atoms with E-state index in [1.54, 1.807) is 0 Å². The van der Waals surface area contributed by atoms with Gasteiger partial charge in [0.05, 0.1) is 5.69 Å². The minimum Gasteiger partial charge on any atom is -0.258 e. The van der Waals surface area contributed by atoms with E-state index in [1.165, 1.54) is 38.7 Å². The Hall–Kier alpha value is -0.891. The van der Waals surface area contributed by atoms with Crippen LogP contribution in [-0.4, -0.2) is 5.71 Å². The topological polar surface area (TPSA) is 12.4 Å². The maximum absolute atomic E-state index is 4.99. The van der Waals surface area contributed by atoms with E-state index in [0.29, 0.717) is 0 Å². The third-order valence-corrected chi connectivity index (χ3v) is 4.80. The standard InChI is InChI=1S/C22H20N.C2H6.Yb/c1-3-16-8-5-7-11-22(16)23-18-13-20-15(2)12-17-9-4-6-10-19(17)21(20)14-18;1-2;/h4-11H,3,13-14H2,1-2H3;1-2H3;/q-1;;. The molecule has 1 aliphatic carbocycles. The first kappa shape index (κ1) is 21.4. The molecule has 0 saturated heterocycles. The predicted octanol–water partition coefficient (Wildman–Crippen LogP) is 6.41. The molecule has 0 amide bonds. The van der Waals surface area contributed by atoms with Crippen LogP contribution in [-0.2, 0) is 19.3 Å². The molecule has 0 bridgehead atoms. The molecule has 0 aliphatic heterocycles. The van der Waals surface area contributed by atoms with Crippen molar-refractivity contribution in [3.63, 3.8) is 0 Å². The number of fused-ring (bicyclic) bond motifs is 3. The van der Waals surface area contributed by atoms with E-state index in [4.69, 9.17) is 4.99 Å². The monoisotopic (exact) mass is 502 g/mol. The van der Waals surface area contributed by atoms with Crippen LogP contribution in [0.4, 0.5) is 5.69 Å². The van der Waals surface area contributed by atoms with E-state index in [1.807, 2.05) is 13.8 Å². The summed E-state index contributed by atoms with van der Waals surface area (Å²) in [6.07, 6.45) is 2.94. The molecule has 26 heavy (non-hydrogen) atoms. The van der Waals surface area contributed by atoms with E-state index in [2.05, 4.69) is 68.4 Å². The summed E-state index contributed by atoms with van der Waals surface area (Å²) in [5, 5.41) is 2.56. The molecule has 142 valence electrons. The average molecular weight is 502 g/mol. The predicted molar refractivity (Wildman–Crippen MR) is 109 cm³/mol. The summed E-state index contributed by atoms with van der Waals surface area (Å²) in [5.74, 6) is 0. The van der Waals surface area contributed by atoms with Crippen LogP contribution >= 0.6 is 0 Å². The normalized spacial score (nSPS) is 13.8. The van der Waals surface area contributed by atoms with Crippen molar-refractivity contribution in [2.24, 2.45) is 4.99 Å². The first-order valence-electron chi connectivity index (χ1n) is 9.33. The van der Waals surface area contributed by atoms with Gasteiger partial charge in [-0.2, -0.15) is 0 Å². The Labute approximate surface area is 196 Å². The molecule has 0 fully saturated rings. The van der Waals surface area contributed by atoms with Gasteiger partial charge in [-0.05, 0) is 30.9 Å². The van der Waals surface area contributed by atoms with Crippen molar-refractivity contribution in [3.05, 3.63) is 76.9 Å². The minimum absolute atomic E-state index is 0. The molecule has 0 heterocycles. The number of nitrogens with zero attached hydrogens (tertiary/aromatic N) is 1. The second-order valence-corrected chi connectivity index (χ2v) is 6.27. The summed E-state index contributed by atoms with van der Waals surface area (Å²) in [5.41, 5.74) is 7.87. The van der Waals surface area contributed by atoms with Crippen LogP contribution in [0.1, 0.15) is 43.0 Å². The molecule has 3 aromatic rings.